The molecule has 3 nitrogen and oxygen atoms in total. The first kappa shape index (κ1) is 15.9. The molecule has 0 spiro atoms. The number of benzene rings is 1. The van der Waals surface area contributed by atoms with Crippen LogP contribution in [0.5, 0.6) is 0 Å². The van der Waals surface area contributed by atoms with Crippen LogP contribution in [0.3, 0.4) is 0 Å². The van der Waals surface area contributed by atoms with Crippen molar-refractivity contribution < 1.29 is 12.8 Å². The largest absolute Gasteiger partial charge is 0.312 e. The van der Waals surface area contributed by atoms with Crippen LogP contribution in [0.25, 0.3) is 0 Å². The summed E-state index contributed by atoms with van der Waals surface area (Å²) in [6, 6.07) is 2.47. The van der Waals surface area contributed by atoms with Gasteiger partial charge < -0.3 is 5.32 Å². The van der Waals surface area contributed by atoms with Crippen molar-refractivity contribution in [2.45, 2.75) is 18.2 Å². The highest BCUT2D eigenvalue weighted by Crippen LogP contribution is 2.32. The topological polar surface area (TPSA) is 46.2 Å². The van der Waals surface area contributed by atoms with E-state index in [1.807, 2.05) is 0 Å². The molecule has 0 fully saturated rings. The summed E-state index contributed by atoms with van der Waals surface area (Å²) in [5, 5.41) is 2.02. The van der Waals surface area contributed by atoms with Crippen LogP contribution >= 0.6 is 27.5 Å². The third-order valence-corrected chi connectivity index (χ3v) is 5.74. The zero-order chi connectivity index (χ0) is 14.1. The van der Waals surface area contributed by atoms with Crippen molar-refractivity contribution in [3.05, 3.63) is 33.0 Å². The molecule has 1 rings (SSSR count). The Labute approximate surface area is 120 Å². The van der Waals surface area contributed by atoms with Crippen LogP contribution in [0.4, 0.5) is 4.39 Å². The molecule has 102 valence electrons. The van der Waals surface area contributed by atoms with Gasteiger partial charge >= 0.3 is 0 Å². The molecule has 0 aliphatic heterocycles. The summed E-state index contributed by atoms with van der Waals surface area (Å²) >= 11 is 8.92. The Morgan fingerprint density at radius 2 is 2.00 bits per heavy atom. The monoisotopic (exact) mass is 357 g/mol. The molecule has 7 heteroatoms. The molecule has 0 saturated carbocycles. The smallest absolute Gasteiger partial charge is 0.151 e. The van der Waals surface area contributed by atoms with Gasteiger partial charge in [0.25, 0.3) is 0 Å². The Hall–Kier alpha value is -0.170. The van der Waals surface area contributed by atoms with Crippen LogP contribution < -0.4 is 5.32 Å². The highest BCUT2D eigenvalue weighted by molar-refractivity contribution is 9.10. The Bertz CT molecular complexity index is 550. The summed E-state index contributed by atoms with van der Waals surface area (Å²) in [6.45, 7) is 1.53. The van der Waals surface area contributed by atoms with Gasteiger partial charge in [-0.15, -0.1) is 0 Å². The predicted molar refractivity (Wildman–Crippen MR) is 75.2 cm³/mol. The van der Waals surface area contributed by atoms with Gasteiger partial charge in [-0.3, -0.25) is 0 Å². The molecule has 2 atom stereocenters. The van der Waals surface area contributed by atoms with Gasteiger partial charge in [0.1, 0.15) is 5.82 Å². The van der Waals surface area contributed by atoms with E-state index in [1.165, 1.54) is 13.0 Å². The number of rotatable bonds is 4. The Morgan fingerprint density at radius 3 is 2.44 bits per heavy atom. The van der Waals surface area contributed by atoms with Crippen LogP contribution in [-0.4, -0.2) is 27.0 Å². The maximum absolute atomic E-state index is 14.1. The minimum Gasteiger partial charge on any atom is -0.312 e. The Balaban J connectivity index is 3.31. The predicted octanol–water partition coefficient (Wildman–Crippen LogP) is 2.94. The Kier molecular flexibility index (Phi) is 5.17. The molecule has 0 aromatic heterocycles. The Morgan fingerprint density at radius 1 is 1.44 bits per heavy atom. The quantitative estimate of drug-likeness (QED) is 0.842. The molecule has 18 heavy (non-hydrogen) atoms. The minimum absolute atomic E-state index is 0.0477. The molecule has 2 unspecified atom stereocenters. The fourth-order valence-electron chi connectivity index (χ4n) is 1.67. The number of hydrogen-bond acceptors (Lipinski definition) is 3. The second-order valence-electron chi connectivity index (χ2n) is 4.07. The third-order valence-electron chi connectivity index (χ3n) is 2.86. The normalized spacial score (nSPS) is 15.4. The van der Waals surface area contributed by atoms with E-state index in [0.29, 0.717) is 4.47 Å². The number of hydrogen-bond donors (Lipinski definition) is 1. The first-order valence-electron chi connectivity index (χ1n) is 5.19. The fourth-order valence-corrected chi connectivity index (χ4v) is 2.93. The van der Waals surface area contributed by atoms with Gasteiger partial charge in [-0.05, 0) is 36.0 Å². The zero-order valence-corrected chi connectivity index (χ0v) is 13.3. The number of halogens is 3. The lowest BCUT2D eigenvalue weighted by atomic mass is 10.0. The molecule has 1 N–H and O–H groups in total. The highest BCUT2D eigenvalue weighted by atomic mass is 79.9. The molecule has 0 aliphatic rings. The highest BCUT2D eigenvalue weighted by Gasteiger charge is 2.29. The average Bonchev–Trinajstić information content (AvgIpc) is 2.28. The van der Waals surface area contributed by atoms with Gasteiger partial charge in [0.2, 0.25) is 0 Å². The van der Waals surface area contributed by atoms with Crippen LogP contribution in [0, 0.1) is 5.82 Å². The zero-order valence-electron chi connectivity index (χ0n) is 10.2. The maximum atomic E-state index is 14.1. The SMILES string of the molecule is CNC(c1ccc(Br)c(Cl)c1F)C(C)S(C)(=O)=O. The maximum Gasteiger partial charge on any atom is 0.151 e. The van der Waals surface area contributed by atoms with Gasteiger partial charge in [0.15, 0.2) is 9.84 Å². The van der Waals surface area contributed by atoms with Crippen molar-refractivity contribution in [3.8, 4) is 0 Å². The minimum atomic E-state index is -3.29. The standard InChI is InChI=1S/C11H14BrClFNO2S/c1-6(18(3,16)17)11(15-2)7-4-5-8(12)9(13)10(7)14/h4-6,11,15H,1-3H3. The van der Waals surface area contributed by atoms with E-state index in [-0.39, 0.29) is 10.6 Å². The van der Waals surface area contributed by atoms with Crippen molar-refractivity contribution in [1.82, 2.24) is 5.32 Å². The molecule has 0 saturated heterocycles. The third kappa shape index (κ3) is 3.23. The first-order valence-corrected chi connectivity index (χ1v) is 8.32. The lowest BCUT2D eigenvalue weighted by Gasteiger charge is -2.23. The van der Waals surface area contributed by atoms with Crippen molar-refractivity contribution in [2.24, 2.45) is 0 Å². The van der Waals surface area contributed by atoms with Gasteiger partial charge in [0.05, 0.1) is 16.3 Å². The van der Waals surface area contributed by atoms with Crippen LogP contribution in [-0.2, 0) is 9.84 Å². The van der Waals surface area contributed by atoms with E-state index in [4.69, 9.17) is 11.6 Å². The number of nitrogens with one attached hydrogen (secondary N) is 1. The van der Waals surface area contributed by atoms with Gasteiger partial charge in [-0.1, -0.05) is 17.7 Å². The van der Waals surface area contributed by atoms with Crippen LogP contribution in [0.15, 0.2) is 16.6 Å². The lowest BCUT2D eigenvalue weighted by molar-refractivity contribution is 0.508. The molecule has 1 aromatic rings. The van der Waals surface area contributed by atoms with Gasteiger partial charge in [0, 0.05) is 16.3 Å². The summed E-state index contributed by atoms with van der Waals surface area (Å²) in [4.78, 5) is 0. The summed E-state index contributed by atoms with van der Waals surface area (Å²) in [5.74, 6) is -0.610. The number of sulfone groups is 1. The van der Waals surface area contributed by atoms with Gasteiger partial charge in [-0.2, -0.15) is 0 Å². The second kappa shape index (κ2) is 5.86. The summed E-state index contributed by atoms with van der Waals surface area (Å²) in [6.07, 6.45) is 1.13. The van der Waals surface area contributed by atoms with Crippen molar-refractivity contribution in [3.63, 3.8) is 0 Å². The summed E-state index contributed by atoms with van der Waals surface area (Å²) in [5.41, 5.74) is 0.239. The van der Waals surface area contributed by atoms with E-state index >= 15 is 0 Å². The first-order chi connectivity index (χ1) is 8.20. The van der Waals surface area contributed by atoms with E-state index in [2.05, 4.69) is 21.2 Å². The van der Waals surface area contributed by atoms with E-state index in [1.54, 1.807) is 13.1 Å². The second-order valence-corrected chi connectivity index (χ2v) is 7.70. The molecule has 1 aromatic carbocycles. The lowest BCUT2D eigenvalue weighted by Crippen LogP contribution is -2.33. The molecular weight excluding hydrogens is 345 g/mol. The molecule has 0 amide bonds. The molecular formula is C11H14BrClFNO2S. The molecule has 0 aliphatic carbocycles. The average molecular weight is 359 g/mol. The van der Waals surface area contributed by atoms with E-state index < -0.39 is 26.9 Å². The van der Waals surface area contributed by atoms with E-state index in [9.17, 15) is 12.8 Å². The summed E-state index contributed by atoms with van der Waals surface area (Å²) < 4.78 is 37.6. The van der Waals surface area contributed by atoms with Crippen molar-refractivity contribution >= 4 is 37.4 Å². The van der Waals surface area contributed by atoms with Crippen LogP contribution in [0.1, 0.15) is 18.5 Å². The molecule has 0 radical (unpaired) electrons. The summed E-state index contributed by atoms with van der Waals surface area (Å²) in [7, 11) is -1.70. The van der Waals surface area contributed by atoms with Crippen molar-refractivity contribution in [2.75, 3.05) is 13.3 Å². The molecule has 0 heterocycles. The van der Waals surface area contributed by atoms with E-state index in [0.717, 1.165) is 6.26 Å². The molecule has 0 bridgehead atoms. The van der Waals surface area contributed by atoms with Gasteiger partial charge in [-0.25, -0.2) is 12.8 Å². The fraction of sp³-hybridized carbons (Fsp3) is 0.455. The van der Waals surface area contributed by atoms with Crippen LogP contribution in [0.2, 0.25) is 5.02 Å². The van der Waals surface area contributed by atoms with Crippen molar-refractivity contribution in [1.29, 1.82) is 0 Å².